The van der Waals surface area contributed by atoms with Crippen molar-refractivity contribution in [2.24, 2.45) is 0 Å². The van der Waals surface area contributed by atoms with Crippen molar-refractivity contribution in [2.75, 3.05) is 6.54 Å². The van der Waals surface area contributed by atoms with E-state index in [1.807, 2.05) is 6.07 Å². The van der Waals surface area contributed by atoms with Crippen LogP contribution < -0.4 is 5.32 Å². The molecule has 3 heteroatoms. The van der Waals surface area contributed by atoms with E-state index in [-0.39, 0.29) is 5.41 Å². The number of benzene rings is 1. The Hall–Kier alpha value is -0.410. The third-order valence-electron chi connectivity index (χ3n) is 3.35. The summed E-state index contributed by atoms with van der Waals surface area (Å²) in [6.07, 6.45) is 0.0343. The van der Waals surface area contributed by atoms with E-state index in [2.05, 4.69) is 33.4 Å². The van der Waals surface area contributed by atoms with Crippen molar-refractivity contribution in [3.8, 4) is 0 Å². The second-order valence-corrected chi connectivity index (χ2v) is 5.15. The maximum atomic E-state index is 13.4. The Morgan fingerprint density at radius 1 is 1.50 bits per heavy atom. The average molecular weight is 256 g/mol. The van der Waals surface area contributed by atoms with Gasteiger partial charge in [0, 0.05) is 23.0 Å². The van der Waals surface area contributed by atoms with Gasteiger partial charge in [0.05, 0.1) is 0 Å². The van der Waals surface area contributed by atoms with E-state index in [1.54, 1.807) is 0 Å². The van der Waals surface area contributed by atoms with Crippen molar-refractivity contribution in [1.29, 1.82) is 0 Å². The van der Waals surface area contributed by atoms with Gasteiger partial charge in [-0.25, -0.2) is 4.39 Å². The summed E-state index contributed by atoms with van der Waals surface area (Å²) in [7, 11) is 0. The van der Waals surface area contributed by atoms with Crippen LogP contribution in [0.1, 0.15) is 17.5 Å². The summed E-state index contributed by atoms with van der Waals surface area (Å²) in [5, 5.41) is 3.29. The van der Waals surface area contributed by atoms with Crippen LogP contribution >= 0.6 is 15.9 Å². The fraction of sp³-hybridized carbons (Fsp3) is 0.455. The third-order valence-corrected chi connectivity index (χ3v) is 3.84. The molecular formula is C11H11BrFN. The molecule has 1 fully saturated rings. The molecule has 1 aliphatic carbocycles. The summed E-state index contributed by atoms with van der Waals surface area (Å²) in [6.45, 7) is 1.66. The predicted molar refractivity (Wildman–Crippen MR) is 57.0 cm³/mol. The van der Waals surface area contributed by atoms with Gasteiger partial charge in [-0.1, -0.05) is 22.0 Å². The Bertz CT molecular complexity index is 393. The highest BCUT2D eigenvalue weighted by Gasteiger charge is 2.58. The predicted octanol–water partition coefficient (Wildman–Crippen LogP) is 2.53. The zero-order valence-corrected chi connectivity index (χ0v) is 9.27. The fourth-order valence-corrected chi connectivity index (χ4v) is 2.77. The maximum Gasteiger partial charge on any atom is 0.112 e. The monoisotopic (exact) mass is 255 g/mol. The lowest BCUT2D eigenvalue weighted by atomic mass is 9.88. The van der Waals surface area contributed by atoms with Crippen LogP contribution in [-0.4, -0.2) is 12.7 Å². The molecule has 2 atom stereocenters. The number of fused-ring (bicyclic) bond motifs is 2. The van der Waals surface area contributed by atoms with Crippen LogP contribution in [0.4, 0.5) is 4.39 Å². The van der Waals surface area contributed by atoms with Crippen molar-refractivity contribution in [3.05, 3.63) is 33.8 Å². The molecular weight excluding hydrogens is 245 g/mol. The van der Waals surface area contributed by atoms with E-state index in [4.69, 9.17) is 0 Å². The molecule has 1 heterocycles. The largest absolute Gasteiger partial charge is 0.312 e. The Kier molecular flexibility index (Phi) is 1.77. The van der Waals surface area contributed by atoms with E-state index >= 15 is 0 Å². The summed E-state index contributed by atoms with van der Waals surface area (Å²) in [6, 6.07) is 6.18. The van der Waals surface area contributed by atoms with Gasteiger partial charge < -0.3 is 5.32 Å². The SMILES string of the molecule is F[C@@H]1C[C@@]12CNCc1ccc(Br)cc12. The molecule has 0 unspecified atom stereocenters. The number of hydrogen-bond donors (Lipinski definition) is 1. The van der Waals surface area contributed by atoms with Gasteiger partial charge in [0.2, 0.25) is 0 Å². The highest BCUT2D eigenvalue weighted by atomic mass is 79.9. The van der Waals surface area contributed by atoms with Crippen molar-refractivity contribution < 1.29 is 4.39 Å². The number of nitrogens with one attached hydrogen (secondary N) is 1. The fourth-order valence-electron chi connectivity index (χ4n) is 2.40. The van der Waals surface area contributed by atoms with E-state index in [0.717, 1.165) is 17.6 Å². The molecule has 74 valence electrons. The molecule has 3 rings (SSSR count). The average Bonchev–Trinajstić information content (AvgIpc) is 2.80. The summed E-state index contributed by atoms with van der Waals surface area (Å²) < 4.78 is 14.5. The first-order valence-electron chi connectivity index (χ1n) is 4.86. The summed E-state index contributed by atoms with van der Waals surface area (Å²) in [4.78, 5) is 0. The minimum absolute atomic E-state index is 0.197. The molecule has 1 aromatic rings. The summed E-state index contributed by atoms with van der Waals surface area (Å²) in [5.41, 5.74) is 2.26. The number of alkyl halides is 1. The Morgan fingerprint density at radius 2 is 2.29 bits per heavy atom. The van der Waals surface area contributed by atoms with Crippen LogP contribution in [0.15, 0.2) is 22.7 Å². The lowest BCUT2D eigenvalue weighted by Gasteiger charge is -2.26. The molecule has 2 aliphatic rings. The Labute approximate surface area is 90.8 Å². The van der Waals surface area contributed by atoms with E-state index < -0.39 is 6.17 Å². The minimum Gasteiger partial charge on any atom is -0.312 e. The van der Waals surface area contributed by atoms with E-state index in [9.17, 15) is 4.39 Å². The number of hydrogen-bond acceptors (Lipinski definition) is 1. The van der Waals surface area contributed by atoms with Crippen molar-refractivity contribution >= 4 is 15.9 Å². The molecule has 14 heavy (non-hydrogen) atoms. The molecule has 0 bridgehead atoms. The van der Waals surface area contributed by atoms with Crippen molar-refractivity contribution in [3.63, 3.8) is 0 Å². The van der Waals surface area contributed by atoms with Crippen LogP contribution in [0.25, 0.3) is 0 Å². The molecule has 0 saturated heterocycles. The molecule has 1 aliphatic heterocycles. The van der Waals surface area contributed by atoms with E-state index in [1.165, 1.54) is 11.1 Å². The molecule has 1 N–H and O–H groups in total. The summed E-state index contributed by atoms with van der Waals surface area (Å²) in [5.74, 6) is 0. The molecule has 1 saturated carbocycles. The quantitative estimate of drug-likeness (QED) is 0.752. The summed E-state index contributed by atoms with van der Waals surface area (Å²) >= 11 is 3.45. The first-order chi connectivity index (χ1) is 6.72. The number of rotatable bonds is 0. The lowest BCUT2D eigenvalue weighted by molar-refractivity contribution is 0.393. The van der Waals surface area contributed by atoms with Gasteiger partial charge >= 0.3 is 0 Å². The molecule has 0 radical (unpaired) electrons. The molecule has 0 amide bonds. The zero-order valence-electron chi connectivity index (χ0n) is 7.69. The first-order valence-corrected chi connectivity index (χ1v) is 5.65. The lowest BCUT2D eigenvalue weighted by Crippen LogP contribution is -2.35. The van der Waals surface area contributed by atoms with Crippen LogP contribution in [0.5, 0.6) is 0 Å². The van der Waals surface area contributed by atoms with Gasteiger partial charge in [0.15, 0.2) is 0 Å². The highest BCUT2D eigenvalue weighted by Crippen LogP contribution is 2.53. The van der Waals surface area contributed by atoms with Crippen LogP contribution in [0.3, 0.4) is 0 Å². The van der Waals surface area contributed by atoms with Crippen molar-refractivity contribution in [1.82, 2.24) is 5.32 Å². The van der Waals surface area contributed by atoms with Gasteiger partial charge in [-0.15, -0.1) is 0 Å². The molecule has 1 nitrogen and oxygen atoms in total. The van der Waals surface area contributed by atoms with Gasteiger partial charge in [0.1, 0.15) is 6.17 Å². The van der Waals surface area contributed by atoms with Gasteiger partial charge in [0.25, 0.3) is 0 Å². The van der Waals surface area contributed by atoms with Gasteiger partial charge in [-0.3, -0.25) is 0 Å². The molecule has 1 aromatic carbocycles. The van der Waals surface area contributed by atoms with E-state index in [0.29, 0.717) is 6.42 Å². The van der Waals surface area contributed by atoms with Gasteiger partial charge in [-0.05, 0) is 29.7 Å². The van der Waals surface area contributed by atoms with Crippen LogP contribution in [0.2, 0.25) is 0 Å². The Balaban J connectivity index is 2.14. The topological polar surface area (TPSA) is 12.0 Å². The molecule has 1 spiro atoms. The normalized spacial score (nSPS) is 34.3. The third kappa shape index (κ3) is 1.09. The first kappa shape index (κ1) is 8.86. The van der Waals surface area contributed by atoms with Gasteiger partial charge in [-0.2, -0.15) is 0 Å². The smallest absolute Gasteiger partial charge is 0.112 e. The van der Waals surface area contributed by atoms with Crippen LogP contribution in [0, 0.1) is 0 Å². The molecule has 0 aromatic heterocycles. The second-order valence-electron chi connectivity index (χ2n) is 4.23. The number of halogens is 2. The highest BCUT2D eigenvalue weighted by molar-refractivity contribution is 9.10. The van der Waals surface area contributed by atoms with Crippen LogP contribution in [-0.2, 0) is 12.0 Å². The van der Waals surface area contributed by atoms with Crippen molar-refractivity contribution in [2.45, 2.75) is 24.6 Å². The second kappa shape index (κ2) is 2.80. The standard InChI is InChI=1S/C11H11BrFN/c12-8-2-1-7-5-14-6-11(4-10(11)13)9(7)3-8/h1-3,10,14H,4-6H2/t10-,11+/m1/s1. The zero-order chi connectivity index (χ0) is 9.76. The minimum atomic E-state index is -0.650. The maximum absolute atomic E-state index is 13.4. The Morgan fingerprint density at radius 3 is 3.00 bits per heavy atom.